The van der Waals surface area contributed by atoms with Gasteiger partial charge in [-0.15, -0.1) is 0 Å². The maximum Gasteiger partial charge on any atom is 0.413 e. The highest BCUT2D eigenvalue weighted by Gasteiger charge is 2.19. The van der Waals surface area contributed by atoms with Gasteiger partial charge >= 0.3 is 6.09 Å². The predicted octanol–water partition coefficient (Wildman–Crippen LogP) is 2.05. The molecule has 0 saturated carbocycles. The molecule has 0 rings (SSSR count). The summed E-state index contributed by atoms with van der Waals surface area (Å²) in [6, 6.07) is 0. The Balaban J connectivity index is 4.01. The maximum atomic E-state index is 11.1. The molecule has 0 heterocycles. The number of carbonyl (C=O) groups is 1. The van der Waals surface area contributed by atoms with Crippen molar-refractivity contribution in [1.29, 1.82) is 0 Å². The first-order valence-corrected chi connectivity index (χ1v) is 6.26. The Labute approximate surface area is 73.1 Å². The van der Waals surface area contributed by atoms with Crippen LogP contribution >= 0.6 is 7.29 Å². The molecular weight excluding hydrogens is 177 g/mol. The molecule has 72 valence electrons. The Morgan fingerprint density at radius 3 is 2.00 bits per heavy atom. The van der Waals surface area contributed by atoms with Gasteiger partial charge in [-0.05, 0) is 20.8 Å². The highest BCUT2D eigenvalue weighted by atomic mass is 31.2. The SMILES string of the molecule is CC(C)(C)OC(=O)NP(C)(C)=O. The van der Waals surface area contributed by atoms with E-state index in [0.29, 0.717) is 0 Å². The molecule has 0 spiro atoms. The lowest BCUT2D eigenvalue weighted by atomic mass is 10.2. The van der Waals surface area contributed by atoms with Crippen LogP contribution in [0.25, 0.3) is 0 Å². The molecule has 12 heavy (non-hydrogen) atoms. The minimum absolute atomic E-state index is 0.542. The predicted molar refractivity (Wildman–Crippen MR) is 48.8 cm³/mol. The number of amides is 1. The second-order valence-electron chi connectivity index (χ2n) is 3.96. The van der Waals surface area contributed by atoms with Crippen LogP contribution in [-0.4, -0.2) is 25.0 Å². The van der Waals surface area contributed by atoms with Gasteiger partial charge in [-0.25, -0.2) is 4.79 Å². The molecule has 0 atom stereocenters. The van der Waals surface area contributed by atoms with Gasteiger partial charge in [0, 0.05) is 13.3 Å². The van der Waals surface area contributed by atoms with Gasteiger partial charge in [0.15, 0.2) is 7.29 Å². The fourth-order valence-electron chi connectivity index (χ4n) is 0.521. The number of hydrogen-bond donors (Lipinski definition) is 1. The summed E-state index contributed by atoms with van der Waals surface area (Å²) in [5, 5.41) is 2.27. The number of carbonyl (C=O) groups excluding carboxylic acids is 1. The minimum atomic E-state index is -2.53. The lowest BCUT2D eigenvalue weighted by molar-refractivity contribution is 0.0569. The Bertz CT molecular complexity index is 213. The highest BCUT2D eigenvalue weighted by molar-refractivity contribution is 7.60. The Morgan fingerprint density at radius 2 is 1.75 bits per heavy atom. The maximum absolute atomic E-state index is 11.1. The van der Waals surface area contributed by atoms with Crippen molar-refractivity contribution in [2.75, 3.05) is 13.3 Å². The molecule has 0 aromatic rings. The topological polar surface area (TPSA) is 55.4 Å². The van der Waals surface area contributed by atoms with Crippen LogP contribution < -0.4 is 5.09 Å². The molecule has 0 bridgehead atoms. The monoisotopic (exact) mass is 193 g/mol. The van der Waals surface area contributed by atoms with Gasteiger partial charge in [0.2, 0.25) is 0 Å². The Hall–Kier alpha value is -0.500. The van der Waals surface area contributed by atoms with Crippen LogP contribution in [0.3, 0.4) is 0 Å². The molecule has 0 aliphatic carbocycles. The van der Waals surface area contributed by atoms with Gasteiger partial charge in [0.25, 0.3) is 0 Å². The second-order valence-corrected chi connectivity index (χ2v) is 6.89. The molecule has 4 nitrogen and oxygen atoms in total. The van der Waals surface area contributed by atoms with Crippen LogP contribution in [0, 0.1) is 0 Å². The Kier molecular flexibility index (Phi) is 3.34. The molecule has 1 amide bonds. The molecule has 0 aliphatic heterocycles. The fourth-order valence-corrected chi connectivity index (χ4v) is 1.01. The lowest BCUT2D eigenvalue weighted by Crippen LogP contribution is -2.30. The number of nitrogens with one attached hydrogen (secondary N) is 1. The van der Waals surface area contributed by atoms with Gasteiger partial charge < -0.3 is 9.30 Å². The lowest BCUT2D eigenvalue weighted by Gasteiger charge is -2.20. The minimum Gasteiger partial charge on any atom is -0.444 e. The molecule has 1 N–H and O–H groups in total. The van der Waals surface area contributed by atoms with Crippen molar-refractivity contribution in [2.45, 2.75) is 26.4 Å². The van der Waals surface area contributed by atoms with Gasteiger partial charge in [-0.3, -0.25) is 5.09 Å². The van der Waals surface area contributed by atoms with E-state index in [1.807, 2.05) is 0 Å². The molecule has 0 radical (unpaired) electrons. The number of rotatable bonds is 1. The first-order chi connectivity index (χ1) is 5.10. The van der Waals surface area contributed by atoms with Crippen molar-refractivity contribution < 1.29 is 14.1 Å². The van der Waals surface area contributed by atoms with Gasteiger partial charge in [-0.2, -0.15) is 0 Å². The van der Waals surface area contributed by atoms with Crippen LogP contribution in [0.2, 0.25) is 0 Å². The number of hydrogen-bond acceptors (Lipinski definition) is 3. The summed E-state index contributed by atoms with van der Waals surface area (Å²) >= 11 is 0. The van der Waals surface area contributed by atoms with Crippen LogP contribution in [-0.2, 0) is 9.30 Å². The second kappa shape index (κ2) is 3.48. The van der Waals surface area contributed by atoms with Crippen molar-refractivity contribution in [1.82, 2.24) is 5.09 Å². The zero-order valence-electron chi connectivity index (χ0n) is 8.17. The van der Waals surface area contributed by atoms with Crippen molar-refractivity contribution in [3.05, 3.63) is 0 Å². The first kappa shape index (κ1) is 11.5. The first-order valence-electron chi connectivity index (χ1n) is 3.66. The summed E-state index contributed by atoms with van der Waals surface area (Å²) in [6.07, 6.45) is -0.629. The molecule has 0 aromatic heterocycles. The molecule has 5 heteroatoms. The molecular formula is C7H16NO3P. The van der Waals surface area contributed by atoms with E-state index in [9.17, 15) is 9.36 Å². The zero-order valence-corrected chi connectivity index (χ0v) is 9.07. The van der Waals surface area contributed by atoms with E-state index < -0.39 is 19.0 Å². The van der Waals surface area contributed by atoms with Crippen molar-refractivity contribution >= 4 is 13.4 Å². The molecule has 0 unspecified atom stereocenters. The van der Waals surface area contributed by atoms with E-state index in [4.69, 9.17) is 4.74 Å². The summed E-state index contributed by atoms with van der Waals surface area (Å²) in [4.78, 5) is 11.0. The van der Waals surface area contributed by atoms with Gasteiger partial charge in [0.05, 0.1) is 0 Å². The van der Waals surface area contributed by atoms with E-state index in [1.165, 1.54) is 13.3 Å². The van der Waals surface area contributed by atoms with Crippen LogP contribution in [0.5, 0.6) is 0 Å². The van der Waals surface area contributed by atoms with Crippen LogP contribution in [0.15, 0.2) is 0 Å². The van der Waals surface area contributed by atoms with Crippen molar-refractivity contribution in [2.24, 2.45) is 0 Å². The van der Waals surface area contributed by atoms with Crippen LogP contribution in [0.4, 0.5) is 4.79 Å². The van der Waals surface area contributed by atoms with Crippen molar-refractivity contribution in [3.8, 4) is 0 Å². The normalized spacial score (nSPS) is 12.4. The van der Waals surface area contributed by atoms with E-state index in [-0.39, 0.29) is 0 Å². The summed E-state index contributed by atoms with van der Waals surface area (Å²) in [7, 11) is -2.53. The largest absolute Gasteiger partial charge is 0.444 e. The highest BCUT2D eigenvalue weighted by Crippen LogP contribution is 2.30. The third-order valence-corrected chi connectivity index (χ3v) is 1.48. The van der Waals surface area contributed by atoms with Crippen LogP contribution in [0.1, 0.15) is 20.8 Å². The van der Waals surface area contributed by atoms with E-state index in [2.05, 4.69) is 5.09 Å². The zero-order chi connectivity index (χ0) is 9.99. The average molecular weight is 193 g/mol. The molecule has 0 aliphatic rings. The van der Waals surface area contributed by atoms with E-state index in [1.54, 1.807) is 20.8 Å². The molecule has 0 fully saturated rings. The van der Waals surface area contributed by atoms with Gasteiger partial charge in [0.1, 0.15) is 5.60 Å². The average Bonchev–Trinajstić information content (AvgIpc) is 1.49. The van der Waals surface area contributed by atoms with E-state index >= 15 is 0 Å². The third-order valence-electron chi connectivity index (χ3n) is 0.759. The smallest absolute Gasteiger partial charge is 0.413 e. The summed E-state index contributed by atoms with van der Waals surface area (Å²) in [6.45, 7) is 8.20. The summed E-state index contributed by atoms with van der Waals surface area (Å²) in [5.74, 6) is 0. The molecule has 0 saturated heterocycles. The quantitative estimate of drug-likeness (QED) is 0.648. The van der Waals surface area contributed by atoms with Gasteiger partial charge in [-0.1, -0.05) is 0 Å². The summed E-state index contributed by atoms with van der Waals surface area (Å²) < 4.78 is 16.0. The van der Waals surface area contributed by atoms with E-state index in [0.717, 1.165) is 0 Å². The number of ether oxygens (including phenoxy) is 1. The standard InChI is InChI=1S/C7H16NO3P/c1-7(2,3)11-6(9)8-12(4,5)10/h1-5H3,(H,8,9,10). The Morgan fingerprint density at radius 1 is 1.33 bits per heavy atom. The van der Waals surface area contributed by atoms with Crippen molar-refractivity contribution in [3.63, 3.8) is 0 Å². The summed E-state index contributed by atoms with van der Waals surface area (Å²) in [5.41, 5.74) is -0.542. The third kappa shape index (κ3) is 7.61. The fraction of sp³-hybridized carbons (Fsp3) is 0.857. The molecule has 0 aromatic carbocycles.